The first-order valence-electron chi connectivity index (χ1n) is 6.85. The first kappa shape index (κ1) is 15.6. The van der Waals surface area contributed by atoms with Crippen molar-refractivity contribution in [3.63, 3.8) is 0 Å². The fraction of sp³-hybridized carbons (Fsp3) is 0.286. The van der Waals surface area contributed by atoms with E-state index in [0.717, 1.165) is 4.68 Å². The van der Waals surface area contributed by atoms with E-state index in [9.17, 15) is 13.2 Å². The van der Waals surface area contributed by atoms with Crippen LogP contribution in [0, 0.1) is 0 Å². The molecule has 1 aliphatic rings. The number of hydrogen-bond acceptors (Lipinski definition) is 3. The van der Waals surface area contributed by atoms with E-state index in [1.54, 1.807) is 37.3 Å². The molecule has 3 rings (SSSR count). The quantitative estimate of drug-likeness (QED) is 0.795. The maximum atomic E-state index is 13.6. The number of halogens is 3. The summed E-state index contributed by atoms with van der Waals surface area (Å²) in [6, 6.07) is 8.15. The first-order chi connectivity index (χ1) is 10.9. The summed E-state index contributed by atoms with van der Waals surface area (Å²) in [4.78, 5) is 1.52. The van der Waals surface area contributed by atoms with Crippen LogP contribution in [-0.2, 0) is 6.18 Å². The second kappa shape index (κ2) is 5.73. The highest BCUT2D eigenvalue weighted by atomic mass is 32.1. The summed E-state index contributed by atoms with van der Waals surface area (Å²) >= 11 is 5.01. The molecular weight excluding hydrogens is 327 g/mol. The average Bonchev–Trinajstić information content (AvgIpc) is 3.10. The Morgan fingerprint density at radius 2 is 1.91 bits per heavy atom. The van der Waals surface area contributed by atoms with Gasteiger partial charge >= 0.3 is 6.18 Å². The molecule has 2 aromatic rings. The van der Waals surface area contributed by atoms with Gasteiger partial charge in [-0.3, -0.25) is 0 Å². The Bertz CT molecular complexity index is 754. The summed E-state index contributed by atoms with van der Waals surface area (Å²) in [6.07, 6.45) is -4.31. The van der Waals surface area contributed by atoms with Crippen molar-refractivity contribution < 1.29 is 13.2 Å². The summed E-state index contributed by atoms with van der Waals surface area (Å²) in [5, 5.41) is 11.7. The summed E-state index contributed by atoms with van der Waals surface area (Å²) in [5.74, 6) is 0. The molecule has 0 saturated carbocycles. The summed E-state index contributed by atoms with van der Waals surface area (Å²) in [5.41, 5.74) is -0.603. The van der Waals surface area contributed by atoms with Crippen LogP contribution in [0.5, 0.6) is 0 Å². The van der Waals surface area contributed by atoms with Crippen LogP contribution in [0.1, 0.15) is 24.3 Å². The van der Waals surface area contributed by atoms with E-state index in [1.165, 1.54) is 11.1 Å². The molecule has 0 radical (unpaired) electrons. The van der Waals surface area contributed by atoms with Gasteiger partial charge < -0.3 is 4.90 Å². The van der Waals surface area contributed by atoms with Gasteiger partial charge in [-0.05, 0) is 31.3 Å². The van der Waals surface area contributed by atoms with Crippen molar-refractivity contribution in [3.05, 3.63) is 47.8 Å². The number of para-hydroxylation sites is 1. The van der Waals surface area contributed by atoms with E-state index >= 15 is 0 Å². The zero-order valence-corrected chi connectivity index (χ0v) is 12.8. The van der Waals surface area contributed by atoms with Crippen molar-refractivity contribution in [3.8, 4) is 5.69 Å². The second-order valence-electron chi connectivity index (χ2n) is 4.85. The summed E-state index contributed by atoms with van der Waals surface area (Å²) in [7, 11) is 0. The Morgan fingerprint density at radius 1 is 1.22 bits per heavy atom. The molecule has 1 unspecified atom stereocenters. The largest absolute Gasteiger partial charge is 0.433 e. The van der Waals surface area contributed by atoms with Crippen LogP contribution in [0.2, 0.25) is 0 Å². The molecule has 1 aromatic carbocycles. The highest BCUT2D eigenvalue weighted by Gasteiger charge is 2.43. The zero-order chi connectivity index (χ0) is 16.6. The number of benzene rings is 1. The molecule has 1 aliphatic heterocycles. The van der Waals surface area contributed by atoms with Crippen LogP contribution in [0.4, 0.5) is 13.2 Å². The highest BCUT2D eigenvalue weighted by molar-refractivity contribution is 7.80. The fourth-order valence-electron chi connectivity index (χ4n) is 2.47. The molecule has 1 aromatic heterocycles. The standard InChI is InChI=1S/C14H12F3N5S/c1-2-21-12(19-20-13(21)23)10-8-18-22(11(10)14(15,16)17)9-6-4-3-5-7-9/h3-8,12H,2H2,1H3. The van der Waals surface area contributed by atoms with Crippen molar-refractivity contribution >= 4 is 17.3 Å². The lowest BCUT2D eigenvalue weighted by molar-refractivity contribution is -0.143. The SMILES string of the molecule is CCN1C(=S)N=NC1c1cnn(-c2ccccc2)c1C(F)(F)F. The fourth-order valence-corrected chi connectivity index (χ4v) is 2.74. The predicted octanol–water partition coefficient (Wildman–Crippen LogP) is 3.96. The smallest absolute Gasteiger partial charge is 0.319 e. The molecule has 0 fully saturated rings. The minimum absolute atomic E-state index is 0.0631. The number of alkyl halides is 3. The van der Waals surface area contributed by atoms with Crippen LogP contribution < -0.4 is 0 Å². The third-order valence-corrected chi connectivity index (χ3v) is 3.80. The first-order valence-corrected chi connectivity index (χ1v) is 7.26. The molecule has 9 heteroatoms. The summed E-state index contributed by atoms with van der Waals surface area (Å²) < 4.78 is 41.7. The number of aromatic nitrogens is 2. The van der Waals surface area contributed by atoms with Crippen LogP contribution in [-0.4, -0.2) is 26.3 Å². The second-order valence-corrected chi connectivity index (χ2v) is 5.22. The van der Waals surface area contributed by atoms with Gasteiger partial charge in [0, 0.05) is 12.1 Å². The Labute approximate surface area is 135 Å². The molecule has 5 nitrogen and oxygen atoms in total. The minimum Gasteiger partial charge on any atom is -0.319 e. The lowest BCUT2D eigenvalue weighted by Gasteiger charge is -2.22. The van der Waals surface area contributed by atoms with Gasteiger partial charge in [0.1, 0.15) is 0 Å². The van der Waals surface area contributed by atoms with Crippen molar-refractivity contribution in [2.75, 3.05) is 6.54 Å². The van der Waals surface area contributed by atoms with Crippen molar-refractivity contribution in [2.45, 2.75) is 19.3 Å². The van der Waals surface area contributed by atoms with Crippen LogP contribution >= 0.6 is 12.2 Å². The van der Waals surface area contributed by atoms with E-state index in [2.05, 4.69) is 15.3 Å². The Balaban J connectivity index is 2.14. The van der Waals surface area contributed by atoms with E-state index in [1.807, 2.05) is 0 Å². The average molecular weight is 339 g/mol. The summed E-state index contributed by atoms with van der Waals surface area (Å²) in [6.45, 7) is 2.19. The van der Waals surface area contributed by atoms with Gasteiger partial charge in [-0.15, -0.1) is 5.11 Å². The van der Waals surface area contributed by atoms with Crippen molar-refractivity contribution in [2.24, 2.45) is 10.2 Å². The van der Waals surface area contributed by atoms with Crippen LogP contribution in [0.15, 0.2) is 46.8 Å². The number of rotatable bonds is 3. The van der Waals surface area contributed by atoms with E-state index < -0.39 is 18.0 Å². The third-order valence-electron chi connectivity index (χ3n) is 3.48. The van der Waals surface area contributed by atoms with Gasteiger partial charge in [0.2, 0.25) is 5.11 Å². The topological polar surface area (TPSA) is 45.8 Å². The Morgan fingerprint density at radius 3 is 2.52 bits per heavy atom. The molecule has 2 heterocycles. The molecule has 0 spiro atoms. The predicted molar refractivity (Wildman–Crippen MR) is 81.1 cm³/mol. The number of azo groups is 1. The molecular formula is C14H12F3N5S. The lowest BCUT2D eigenvalue weighted by Crippen LogP contribution is -2.28. The van der Waals surface area contributed by atoms with Crippen molar-refractivity contribution in [1.82, 2.24) is 14.7 Å². The van der Waals surface area contributed by atoms with Crippen LogP contribution in [0.3, 0.4) is 0 Å². The molecule has 0 aliphatic carbocycles. The molecule has 1 atom stereocenters. The maximum Gasteiger partial charge on any atom is 0.433 e. The zero-order valence-electron chi connectivity index (χ0n) is 12.0. The molecule has 0 N–H and O–H groups in total. The molecule has 120 valence electrons. The van der Waals surface area contributed by atoms with E-state index in [0.29, 0.717) is 12.2 Å². The Hall–Kier alpha value is -2.29. The minimum atomic E-state index is -4.58. The van der Waals surface area contributed by atoms with Gasteiger partial charge in [0.05, 0.1) is 11.9 Å². The van der Waals surface area contributed by atoms with Gasteiger partial charge in [-0.1, -0.05) is 18.2 Å². The molecule has 0 amide bonds. The molecule has 0 bridgehead atoms. The van der Waals surface area contributed by atoms with E-state index in [-0.39, 0.29) is 10.7 Å². The van der Waals surface area contributed by atoms with Gasteiger partial charge in [0.25, 0.3) is 0 Å². The van der Waals surface area contributed by atoms with Gasteiger partial charge in [0.15, 0.2) is 11.9 Å². The van der Waals surface area contributed by atoms with Crippen LogP contribution in [0.25, 0.3) is 5.69 Å². The van der Waals surface area contributed by atoms with Crippen molar-refractivity contribution in [1.29, 1.82) is 0 Å². The number of nitrogens with zero attached hydrogens (tertiary/aromatic N) is 5. The molecule has 23 heavy (non-hydrogen) atoms. The lowest BCUT2D eigenvalue weighted by atomic mass is 10.1. The number of thiocarbonyl (C=S) groups is 1. The van der Waals surface area contributed by atoms with Gasteiger partial charge in [-0.25, -0.2) is 4.68 Å². The normalized spacial score (nSPS) is 18.0. The Kier molecular flexibility index (Phi) is 3.88. The third kappa shape index (κ3) is 2.72. The van der Waals surface area contributed by atoms with Gasteiger partial charge in [-0.2, -0.15) is 23.4 Å². The highest BCUT2D eigenvalue weighted by Crippen LogP contribution is 2.39. The maximum absolute atomic E-state index is 13.6. The monoisotopic (exact) mass is 339 g/mol. The molecule has 0 saturated heterocycles. The number of hydrogen-bond donors (Lipinski definition) is 0. The van der Waals surface area contributed by atoms with E-state index in [4.69, 9.17) is 12.2 Å².